The van der Waals surface area contributed by atoms with Crippen molar-refractivity contribution in [3.05, 3.63) is 63.1 Å². The van der Waals surface area contributed by atoms with Crippen molar-refractivity contribution in [2.24, 2.45) is 5.92 Å². The molecule has 2 aromatic rings. The van der Waals surface area contributed by atoms with Crippen LogP contribution in [0.2, 0.25) is 10.0 Å². The van der Waals surface area contributed by atoms with Crippen LogP contribution in [0.3, 0.4) is 0 Å². The fraction of sp³-hybridized carbons (Fsp3) is 0.364. The summed E-state index contributed by atoms with van der Waals surface area (Å²) >= 11 is 25.2. The topological polar surface area (TPSA) is 64.9 Å². The molecule has 0 aromatic heterocycles. The number of hydrogen-bond acceptors (Lipinski definition) is 3. The number of benzene rings is 2. The van der Waals surface area contributed by atoms with E-state index in [-0.39, 0.29) is 35.3 Å². The largest absolute Gasteiger partial charge is 0.385 e. The van der Waals surface area contributed by atoms with Gasteiger partial charge in [0.15, 0.2) is 0 Å². The highest BCUT2D eigenvalue weighted by Gasteiger charge is 2.63. The molecule has 2 aliphatic carbocycles. The van der Waals surface area contributed by atoms with Crippen molar-refractivity contribution < 1.29 is 13.6 Å². The van der Waals surface area contributed by atoms with E-state index in [0.29, 0.717) is 22.8 Å². The van der Waals surface area contributed by atoms with Crippen LogP contribution >= 0.6 is 46.4 Å². The Morgan fingerprint density at radius 1 is 1.16 bits per heavy atom. The van der Waals surface area contributed by atoms with Crippen molar-refractivity contribution in [1.29, 1.82) is 5.26 Å². The van der Waals surface area contributed by atoms with Gasteiger partial charge in [-0.15, -0.1) is 23.2 Å². The molecule has 0 aliphatic heterocycles. The van der Waals surface area contributed by atoms with E-state index in [2.05, 4.69) is 16.7 Å². The molecule has 168 valence electrons. The minimum absolute atomic E-state index is 0.166. The van der Waals surface area contributed by atoms with Crippen LogP contribution in [0, 0.1) is 17.2 Å². The molecule has 4 rings (SSSR count). The number of amides is 1. The molecule has 2 N–H and O–H groups in total. The summed E-state index contributed by atoms with van der Waals surface area (Å²) in [7, 11) is 0. The van der Waals surface area contributed by atoms with Crippen molar-refractivity contribution in [2.75, 3.05) is 11.9 Å². The van der Waals surface area contributed by atoms with Crippen LogP contribution in [-0.2, 0) is 0 Å². The molecule has 2 aromatic carbocycles. The zero-order valence-corrected chi connectivity index (χ0v) is 19.5. The van der Waals surface area contributed by atoms with Crippen LogP contribution in [0.25, 0.3) is 0 Å². The molecule has 2 atom stereocenters. The molecule has 0 bridgehead atoms. The summed E-state index contributed by atoms with van der Waals surface area (Å²) in [6, 6.07) is 11.3. The normalized spacial score (nSPS) is 23.0. The van der Waals surface area contributed by atoms with E-state index in [1.165, 1.54) is 0 Å². The van der Waals surface area contributed by atoms with Crippen LogP contribution in [0.1, 0.15) is 40.2 Å². The van der Waals surface area contributed by atoms with Gasteiger partial charge in [-0.05, 0) is 42.0 Å². The van der Waals surface area contributed by atoms with Gasteiger partial charge in [0.2, 0.25) is 0 Å². The lowest BCUT2D eigenvalue weighted by atomic mass is 9.88. The summed E-state index contributed by atoms with van der Waals surface area (Å²) in [5, 5.41) is 15.6. The monoisotopic (exact) mass is 517 g/mol. The highest BCUT2D eigenvalue weighted by molar-refractivity contribution is 6.52. The zero-order valence-electron chi connectivity index (χ0n) is 16.4. The fourth-order valence-electron chi connectivity index (χ4n) is 4.02. The fourth-order valence-corrected chi connectivity index (χ4v) is 5.30. The van der Waals surface area contributed by atoms with Gasteiger partial charge in [-0.25, -0.2) is 8.78 Å². The first-order valence-corrected chi connectivity index (χ1v) is 11.3. The van der Waals surface area contributed by atoms with Gasteiger partial charge in [-0.1, -0.05) is 23.2 Å². The van der Waals surface area contributed by atoms with Crippen LogP contribution in [-0.4, -0.2) is 28.7 Å². The Bertz CT molecular complexity index is 1110. The van der Waals surface area contributed by atoms with Crippen molar-refractivity contribution in [2.45, 2.75) is 35.1 Å². The van der Waals surface area contributed by atoms with Crippen molar-refractivity contribution in [1.82, 2.24) is 5.32 Å². The van der Waals surface area contributed by atoms with Gasteiger partial charge in [0, 0.05) is 48.0 Å². The van der Waals surface area contributed by atoms with Gasteiger partial charge < -0.3 is 10.6 Å². The number of nitriles is 1. The molecule has 2 saturated carbocycles. The average molecular weight is 519 g/mol. The molecule has 0 heterocycles. The average Bonchev–Trinajstić information content (AvgIpc) is 3.25. The maximum Gasteiger partial charge on any atom is 0.253 e. The smallest absolute Gasteiger partial charge is 0.253 e. The maximum absolute atomic E-state index is 13.0. The number of nitrogens with zero attached hydrogens (tertiary/aromatic N) is 1. The molecular formula is C22H17Cl4F2N3O. The predicted molar refractivity (Wildman–Crippen MR) is 122 cm³/mol. The van der Waals surface area contributed by atoms with Crippen LogP contribution in [0.4, 0.5) is 14.5 Å². The molecule has 2 unspecified atom stereocenters. The lowest BCUT2D eigenvalue weighted by Crippen LogP contribution is -2.50. The molecule has 2 aliphatic rings. The summed E-state index contributed by atoms with van der Waals surface area (Å²) in [6.45, 7) is 0.392. The third-order valence-corrected chi connectivity index (χ3v) is 7.35. The maximum atomic E-state index is 13.0. The Kier molecular flexibility index (Phi) is 6.23. The van der Waals surface area contributed by atoms with Crippen LogP contribution in [0.5, 0.6) is 0 Å². The first-order chi connectivity index (χ1) is 15.0. The Morgan fingerprint density at radius 2 is 1.88 bits per heavy atom. The summed E-state index contributed by atoms with van der Waals surface area (Å²) in [6.07, 6.45) is -0.746. The first-order valence-electron chi connectivity index (χ1n) is 9.81. The van der Waals surface area contributed by atoms with Gasteiger partial charge in [0.25, 0.3) is 11.8 Å². The van der Waals surface area contributed by atoms with Gasteiger partial charge in [-0.2, -0.15) is 5.26 Å². The SMILES string of the molecule is N#Cc1cc(Cl)cc(C2C(CNc3ccc(Cl)c(C(=O)NC4CC(F)(F)C4)c3)C2(Cl)Cl)c1. The van der Waals surface area contributed by atoms with E-state index >= 15 is 0 Å². The van der Waals surface area contributed by atoms with Crippen molar-refractivity contribution >= 4 is 58.0 Å². The molecule has 0 radical (unpaired) electrons. The molecule has 0 saturated heterocycles. The number of anilines is 1. The van der Waals surface area contributed by atoms with Crippen LogP contribution < -0.4 is 10.6 Å². The van der Waals surface area contributed by atoms with E-state index in [9.17, 15) is 13.6 Å². The molecule has 0 spiro atoms. The molecule has 10 heteroatoms. The van der Waals surface area contributed by atoms with Crippen molar-refractivity contribution in [3.63, 3.8) is 0 Å². The Morgan fingerprint density at radius 3 is 2.53 bits per heavy atom. The van der Waals surface area contributed by atoms with Gasteiger partial charge in [0.05, 0.1) is 22.2 Å². The number of carbonyl (C=O) groups is 1. The van der Waals surface area contributed by atoms with E-state index in [1.54, 1.807) is 36.4 Å². The van der Waals surface area contributed by atoms with E-state index in [1.807, 2.05) is 0 Å². The van der Waals surface area contributed by atoms with E-state index in [4.69, 9.17) is 51.7 Å². The minimum atomic E-state index is -2.72. The van der Waals surface area contributed by atoms with E-state index in [0.717, 1.165) is 5.56 Å². The third kappa shape index (κ3) is 4.77. The quantitative estimate of drug-likeness (QED) is 0.435. The number of alkyl halides is 4. The van der Waals surface area contributed by atoms with E-state index < -0.39 is 22.2 Å². The highest BCUT2D eigenvalue weighted by atomic mass is 35.5. The summed E-state index contributed by atoms with van der Waals surface area (Å²) < 4.78 is 25.0. The van der Waals surface area contributed by atoms with Crippen molar-refractivity contribution in [3.8, 4) is 6.07 Å². The number of halogens is 6. The standard InChI is InChI=1S/C22H17Cl4F2N3O/c23-13-4-11(9-29)3-12(5-13)19-17(22(19,25)26)10-30-14-1-2-18(24)16(6-14)20(32)31-15-7-21(27,28)8-15/h1-6,15,17,19,30H,7-8,10H2,(H,31,32). The first kappa shape index (κ1) is 23.4. The van der Waals surface area contributed by atoms with Gasteiger partial charge >= 0.3 is 0 Å². The second kappa shape index (κ2) is 8.53. The summed E-state index contributed by atoms with van der Waals surface area (Å²) in [5.74, 6) is -3.62. The molecule has 2 fully saturated rings. The summed E-state index contributed by atoms with van der Waals surface area (Å²) in [4.78, 5) is 12.5. The lowest BCUT2D eigenvalue weighted by molar-refractivity contribution is -0.0901. The van der Waals surface area contributed by atoms with Gasteiger partial charge in [0.1, 0.15) is 4.33 Å². The highest BCUT2D eigenvalue weighted by Crippen LogP contribution is 2.65. The van der Waals surface area contributed by atoms with Gasteiger partial charge in [-0.3, -0.25) is 4.79 Å². The zero-order chi connectivity index (χ0) is 23.3. The number of hydrogen-bond donors (Lipinski definition) is 2. The number of nitrogens with one attached hydrogen (secondary N) is 2. The number of carbonyl (C=O) groups excluding carboxylic acids is 1. The lowest BCUT2D eigenvalue weighted by Gasteiger charge is -2.35. The Labute approximate surface area is 203 Å². The molecule has 4 nitrogen and oxygen atoms in total. The molecular weight excluding hydrogens is 502 g/mol. The predicted octanol–water partition coefficient (Wildman–Crippen LogP) is 6.39. The Hall–Kier alpha value is -1.78. The Balaban J connectivity index is 1.42. The third-order valence-electron chi connectivity index (χ3n) is 5.77. The second-order valence-corrected chi connectivity index (χ2v) is 10.4. The van der Waals surface area contributed by atoms with Crippen LogP contribution in [0.15, 0.2) is 36.4 Å². The molecule has 1 amide bonds. The number of rotatable bonds is 6. The second-order valence-electron chi connectivity index (χ2n) is 8.15. The molecule has 32 heavy (non-hydrogen) atoms. The summed E-state index contributed by atoms with van der Waals surface area (Å²) in [5.41, 5.74) is 2.00. The minimum Gasteiger partial charge on any atom is -0.385 e.